The molecule has 3 aromatic carbocycles. The van der Waals surface area contributed by atoms with Gasteiger partial charge >= 0.3 is 12.2 Å². The van der Waals surface area contributed by atoms with Crippen molar-refractivity contribution in [3.05, 3.63) is 96.6 Å². The van der Waals surface area contributed by atoms with Crippen molar-refractivity contribution < 1.29 is 33.1 Å². The molecule has 1 saturated carbocycles. The van der Waals surface area contributed by atoms with Crippen LogP contribution in [0, 0.1) is 5.92 Å². The lowest BCUT2D eigenvalue weighted by molar-refractivity contribution is -0.142. The first-order valence-electron chi connectivity index (χ1n) is 20.4. The van der Waals surface area contributed by atoms with Crippen molar-refractivity contribution in [1.29, 1.82) is 0 Å². The Balaban J connectivity index is 0.980. The minimum absolute atomic E-state index is 0.104. The molecule has 4 aromatic heterocycles. The van der Waals surface area contributed by atoms with Crippen LogP contribution in [0.15, 0.2) is 89.6 Å². The maximum Gasteiger partial charge on any atom is 0.425 e. The van der Waals surface area contributed by atoms with Crippen molar-refractivity contribution in [3.63, 3.8) is 0 Å². The van der Waals surface area contributed by atoms with Gasteiger partial charge in [0.1, 0.15) is 22.8 Å². The molecule has 15 nitrogen and oxygen atoms in total. The summed E-state index contributed by atoms with van der Waals surface area (Å²) in [4.78, 5) is 67.8. The highest BCUT2D eigenvalue weighted by atomic mass is 16.5. The molecule has 8 rings (SSSR count). The molecule has 0 spiro atoms. The summed E-state index contributed by atoms with van der Waals surface area (Å²) in [5.41, 5.74) is 12.4. The number of H-pyrrole nitrogens is 2. The van der Waals surface area contributed by atoms with Crippen molar-refractivity contribution in [2.24, 2.45) is 5.92 Å². The zero-order valence-corrected chi connectivity index (χ0v) is 34.9. The molecule has 4 heterocycles. The Hall–Kier alpha value is -7.16. The predicted octanol–water partition coefficient (Wildman–Crippen LogP) is 9.04. The van der Waals surface area contributed by atoms with Crippen LogP contribution in [-0.2, 0) is 14.3 Å². The largest absolute Gasteiger partial charge is 0.456 e. The summed E-state index contributed by atoms with van der Waals surface area (Å²) in [6, 6.07) is 23.8. The molecule has 1 aliphatic rings. The Morgan fingerprint density at radius 1 is 0.689 bits per heavy atom. The van der Waals surface area contributed by atoms with Gasteiger partial charge in [-0.3, -0.25) is 9.59 Å². The molecule has 61 heavy (non-hydrogen) atoms. The molecule has 314 valence electrons. The lowest BCUT2D eigenvalue weighted by Gasteiger charge is -2.35. The normalized spacial score (nSPS) is 15.3. The van der Waals surface area contributed by atoms with Crippen LogP contribution in [-0.4, -0.2) is 80.3 Å². The van der Waals surface area contributed by atoms with Gasteiger partial charge in [0.05, 0.1) is 49.1 Å². The van der Waals surface area contributed by atoms with E-state index in [4.69, 9.17) is 18.9 Å². The van der Waals surface area contributed by atoms with Crippen molar-refractivity contribution in [1.82, 2.24) is 40.8 Å². The Morgan fingerprint density at radius 2 is 1.26 bits per heavy atom. The third-order valence-electron chi connectivity index (χ3n) is 11.4. The quantitative estimate of drug-likeness (QED) is 0.103. The lowest BCUT2D eigenvalue weighted by Crippen LogP contribution is -2.53. The summed E-state index contributed by atoms with van der Waals surface area (Å²) >= 11 is 0. The fourth-order valence-electron chi connectivity index (χ4n) is 8.20. The van der Waals surface area contributed by atoms with Crippen molar-refractivity contribution in [3.8, 4) is 45.0 Å². The van der Waals surface area contributed by atoms with E-state index in [2.05, 4.69) is 74.3 Å². The smallest absolute Gasteiger partial charge is 0.425 e. The minimum Gasteiger partial charge on any atom is -0.456 e. The van der Waals surface area contributed by atoms with Crippen LogP contribution in [0.5, 0.6) is 0 Å². The Bertz CT molecular complexity index is 2710. The molecule has 15 heteroatoms. The molecular weight excluding hydrogens is 777 g/mol. The minimum atomic E-state index is -0.754. The van der Waals surface area contributed by atoms with Crippen molar-refractivity contribution >= 4 is 45.9 Å². The van der Waals surface area contributed by atoms with Crippen LogP contribution < -0.4 is 10.9 Å². The van der Waals surface area contributed by atoms with Crippen molar-refractivity contribution in [2.45, 2.75) is 71.4 Å². The molecule has 0 radical (unpaired) electrons. The number of nitrogens with zero attached hydrogens (tertiary/aromatic N) is 4. The zero-order chi connectivity index (χ0) is 42.9. The number of aromatic nitrogens is 4. The van der Waals surface area contributed by atoms with E-state index in [1.54, 1.807) is 32.2 Å². The Kier molecular flexibility index (Phi) is 11.2. The summed E-state index contributed by atoms with van der Waals surface area (Å²) < 4.78 is 15.4. The fourth-order valence-corrected chi connectivity index (χ4v) is 8.20. The number of carbonyl (C=O) groups excluding carboxylic acids is 4. The monoisotopic (exact) mass is 824 g/mol. The molecular formula is C46H48N8O7. The number of furan rings is 2. The van der Waals surface area contributed by atoms with E-state index in [9.17, 15) is 19.2 Å². The van der Waals surface area contributed by atoms with Gasteiger partial charge < -0.3 is 23.9 Å². The fraction of sp³-hybridized carbons (Fsp3) is 0.304. The van der Waals surface area contributed by atoms with Gasteiger partial charge in [0.25, 0.3) is 5.91 Å². The molecule has 0 saturated heterocycles. The third kappa shape index (κ3) is 7.98. The highest BCUT2D eigenvalue weighted by molar-refractivity contribution is 6.11. The number of benzene rings is 4. The van der Waals surface area contributed by atoms with Crippen LogP contribution in [0.2, 0.25) is 0 Å². The first kappa shape index (κ1) is 40.6. The summed E-state index contributed by atoms with van der Waals surface area (Å²) in [7, 11) is 2.52. The molecule has 1 aliphatic carbocycles. The molecule has 0 aliphatic heterocycles. The topological polar surface area (TPSA) is 188 Å². The van der Waals surface area contributed by atoms with Crippen molar-refractivity contribution in [2.75, 3.05) is 14.2 Å². The number of amides is 4. The number of hydrogen-bond acceptors (Lipinski definition) is 9. The van der Waals surface area contributed by atoms with E-state index >= 15 is 0 Å². The lowest BCUT2D eigenvalue weighted by atomic mass is 9.78. The molecule has 4 amide bonds. The van der Waals surface area contributed by atoms with E-state index in [0.29, 0.717) is 34.5 Å². The Labute approximate surface area is 352 Å². The number of imidazole rings is 2. The van der Waals surface area contributed by atoms with E-state index in [1.807, 2.05) is 32.2 Å². The highest BCUT2D eigenvalue weighted by Gasteiger charge is 2.38. The van der Waals surface area contributed by atoms with Gasteiger partial charge in [0.15, 0.2) is 0 Å². The number of ether oxygens (including phenoxy) is 2. The van der Waals surface area contributed by atoms with Gasteiger partial charge in [-0.05, 0) is 92.3 Å². The van der Waals surface area contributed by atoms with Gasteiger partial charge in [-0.1, -0.05) is 61.4 Å². The number of hydrogen-bond donors (Lipinski definition) is 4. The number of hydrazine groups is 2. The molecule has 7 aromatic rings. The summed E-state index contributed by atoms with van der Waals surface area (Å²) in [5, 5.41) is 4.75. The molecule has 2 unspecified atom stereocenters. The molecule has 1 fully saturated rings. The van der Waals surface area contributed by atoms with Crippen LogP contribution in [0.1, 0.15) is 75.5 Å². The van der Waals surface area contributed by atoms with E-state index in [-0.39, 0.29) is 29.8 Å². The van der Waals surface area contributed by atoms with Gasteiger partial charge in [0.2, 0.25) is 5.91 Å². The Morgan fingerprint density at radius 3 is 1.95 bits per heavy atom. The number of aromatic amines is 2. The maximum absolute atomic E-state index is 13.8. The van der Waals surface area contributed by atoms with E-state index < -0.39 is 18.1 Å². The van der Waals surface area contributed by atoms with Gasteiger partial charge in [-0.15, -0.1) is 0 Å². The first-order chi connectivity index (χ1) is 29.4. The van der Waals surface area contributed by atoms with Crippen LogP contribution >= 0.6 is 0 Å². The molecule has 2 atom stereocenters. The predicted molar refractivity (Wildman–Crippen MR) is 230 cm³/mol. The standard InChI is InChI=1S/C46H48N8O7/c1-25(2)53(51-45(57)59-5)43(55)34-10-8-7-9-33(34)41-47-24-36(49-41)32-18-17-30-21-29(15-16-31(30)22-32)27-11-13-28(14-12-27)35-23-48-42(50-35)39-37-19-20-38(61-37)40(39)44(56)54(26(3)4)52-46(58)60-6/h11-26,33-34H,7-10H2,1-6H3,(H,47,49)(H,48,50)(H,51,57)(H,52,58). The van der Waals surface area contributed by atoms with Gasteiger partial charge in [0, 0.05) is 29.5 Å². The van der Waals surface area contributed by atoms with Crippen LogP contribution in [0.4, 0.5) is 9.59 Å². The zero-order valence-electron chi connectivity index (χ0n) is 34.9. The molecule has 2 bridgehead atoms. The maximum atomic E-state index is 13.8. The SMILES string of the molecule is COC(=O)NN(C(=O)c1c(-c2ncc(-c3ccc(-c4ccc5cc(-c6cnc(C7CCCCC7C(=O)N(NC(=O)OC)C(C)C)[nH]6)ccc5c4)cc3)[nH]2)c2ccc1o2)C(C)C. The number of carbonyl (C=O) groups is 4. The second-order valence-electron chi connectivity index (χ2n) is 15.9. The first-order valence-corrected chi connectivity index (χ1v) is 20.4. The summed E-state index contributed by atoms with van der Waals surface area (Å²) in [6.45, 7) is 7.29. The second-order valence-corrected chi connectivity index (χ2v) is 15.9. The number of methoxy groups -OCH3 is 2. The van der Waals surface area contributed by atoms with Gasteiger partial charge in [-0.2, -0.15) is 0 Å². The summed E-state index contributed by atoms with van der Waals surface area (Å²) in [5.74, 6) is 0.228. The number of rotatable bonds is 9. The second kappa shape index (κ2) is 16.8. The third-order valence-corrected chi connectivity index (χ3v) is 11.4. The number of fused-ring (bicyclic) bond motifs is 3. The van der Waals surface area contributed by atoms with Crippen LogP contribution in [0.3, 0.4) is 0 Å². The summed E-state index contributed by atoms with van der Waals surface area (Å²) in [6.07, 6.45) is 5.59. The molecule has 4 N–H and O–H groups in total. The highest BCUT2D eigenvalue weighted by Crippen LogP contribution is 2.40. The van der Waals surface area contributed by atoms with Crippen LogP contribution in [0.25, 0.3) is 67.0 Å². The number of nitrogens with one attached hydrogen (secondary N) is 4. The average Bonchev–Trinajstić information content (AvgIpc) is 4.12. The van der Waals surface area contributed by atoms with E-state index in [0.717, 1.165) is 69.5 Å². The average molecular weight is 825 g/mol. The van der Waals surface area contributed by atoms with E-state index in [1.165, 1.54) is 24.2 Å². The van der Waals surface area contributed by atoms with Gasteiger partial charge in [-0.25, -0.2) is 40.4 Å².